The van der Waals surface area contributed by atoms with E-state index < -0.39 is 0 Å². The molecule has 0 atom stereocenters. The largest absolute Gasteiger partial charge is 0.339 e. The number of likely N-dealkylation sites (tertiary alicyclic amines) is 1. The quantitative estimate of drug-likeness (QED) is 0.713. The number of benzene rings is 2. The van der Waals surface area contributed by atoms with Gasteiger partial charge in [0.15, 0.2) is 0 Å². The number of hydrogen-bond donors (Lipinski definition) is 1. The monoisotopic (exact) mass is 464 g/mol. The van der Waals surface area contributed by atoms with Crippen LogP contribution in [0.4, 0.5) is 5.69 Å². The lowest BCUT2D eigenvalue weighted by atomic mass is 9.95. The molecule has 0 bridgehead atoms. The molecule has 4 nitrogen and oxygen atoms in total. The number of nitrogens with zero attached hydrogens (tertiary/aromatic N) is 1. The minimum Gasteiger partial charge on any atom is -0.339 e. The van der Waals surface area contributed by atoms with E-state index in [4.69, 9.17) is 0 Å². The van der Waals surface area contributed by atoms with E-state index in [0.29, 0.717) is 31.5 Å². The first-order valence-electron chi connectivity index (χ1n) is 8.14. The Morgan fingerprint density at radius 2 is 1.40 bits per heavy atom. The van der Waals surface area contributed by atoms with Gasteiger partial charge in [0.25, 0.3) is 5.91 Å². The van der Waals surface area contributed by atoms with Crippen molar-refractivity contribution in [3.63, 3.8) is 0 Å². The van der Waals surface area contributed by atoms with E-state index in [2.05, 4.69) is 37.2 Å². The Kier molecular flexibility index (Phi) is 5.91. The molecule has 25 heavy (non-hydrogen) atoms. The second-order valence-corrected chi connectivity index (χ2v) is 7.90. The van der Waals surface area contributed by atoms with E-state index in [0.717, 1.165) is 14.6 Å². The van der Waals surface area contributed by atoms with Gasteiger partial charge in [-0.15, -0.1) is 0 Å². The third-order valence-electron chi connectivity index (χ3n) is 4.36. The van der Waals surface area contributed by atoms with E-state index in [1.54, 1.807) is 0 Å². The van der Waals surface area contributed by atoms with Crippen LogP contribution in [0.2, 0.25) is 0 Å². The summed E-state index contributed by atoms with van der Waals surface area (Å²) in [5, 5.41) is 2.95. The van der Waals surface area contributed by atoms with Gasteiger partial charge in [-0.2, -0.15) is 0 Å². The average Bonchev–Trinajstić information content (AvgIpc) is 2.64. The number of carbonyl (C=O) groups excluding carboxylic acids is 2. The Labute approximate surface area is 163 Å². The predicted octanol–water partition coefficient (Wildman–Crippen LogP) is 4.70. The van der Waals surface area contributed by atoms with Crippen molar-refractivity contribution in [2.24, 2.45) is 5.92 Å². The molecule has 0 aliphatic carbocycles. The van der Waals surface area contributed by atoms with Crippen LogP contribution in [0.5, 0.6) is 0 Å². The van der Waals surface area contributed by atoms with Gasteiger partial charge in [0.05, 0.1) is 0 Å². The highest BCUT2D eigenvalue weighted by molar-refractivity contribution is 9.10. The van der Waals surface area contributed by atoms with Crippen molar-refractivity contribution < 1.29 is 9.59 Å². The molecule has 130 valence electrons. The van der Waals surface area contributed by atoms with Crippen LogP contribution in [-0.2, 0) is 4.79 Å². The molecular weight excluding hydrogens is 448 g/mol. The van der Waals surface area contributed by atoms with Crippen LogP contribution in [0.3, 0.4) is 0 Å². The summed E-state index contributed by atoms with van der Waals surface area (Å²) >= 11 is 6.75. The molecule has 2 aromatic carbocycles. The number of piperidine rings is 1. The molecule has 1 N–H and O–H groups in total. The molecule has 1 aliphatic rings. The lowest BCUT2D eigenvalue weighted by Crippen LogP contribution is -2.41. The van der Waals surface area contributed by atoms with Gasteiger partial charge >= 0.3 is 0 Å². The van der Waals surface area contributed by atoms with Crippen molar-refractivity contribution in [1.82, 2.24) is 4.90 Å². The van der Waals surface area contributed by atoms with Crippen LogP contribution in [0.1, 0.15) is 23.2 Å². The molecule has 3 rings (SSSR count). The standard InChI is InChI=1S/C19H18Br2N2O2/c20-15-3-1-14(2-4-15)19(25)23-11-9-13(10-12-23)18(24)22-17-7-5-16(21)6-8-17/h1-8,13H,9-12H2,(H,22,24). The first-order valence-corrected chi connectivity index (χ1v) is 9.73. The smallest absolute Gasteiger partial charge is 0.253 e. The summed E-state index contributed by atoms with van der Waals surface area (Å²) in [4.78, 5) is 26.7. The molecule has 1 aliphatic heterocycles. The summed E-state index contributed by atoms with van der Waals surface area (Å²) < 4.78 is 1.93. The van der Waals surface area contributed by atoms with Crippen molar-refractivity contribution in [2.75, 3.05) is 18.4 Å². The van der Waals surface area contributed by atoms with Crippen LogP contribution in [0.15, 0.2) is 57.5 Å². The maximum absolute atomic E-state index is 12.5. The molecule has 0 unspecified atom stereocenters. The summed E-state index contributed by atoms with van der Waals surface area (Å²) in [6.45, 7) is 1.21. The van der Waals surface area contributed by atoms with Crippen LogP contribution >= 0.6 is 31.9 Å². The van der Waals surface area contributed by atoms with Gasteiger partial charge in [-0.3, -0.25) is 9.59 Å². The van der Waals surface area contributed by atoms with Gasteiger partial charge in [0.2, 0.25) is 5.91 Å². The van der Waals surface area contributed by atoms with E-state index in [9.17, 15) is 9.59 Å². The predicted molar refractivity (Wildman–Crippen MR) is 106 cm³/mol. The third kappa shape index (κ3) is 4.70. The molecule has 0 radical (unpaired) electrons. The zero-order chi connectivity index (χ0) is 17.8. The minimum atomic E-state index is -0.0578. The van der Waals surface area contributed by atoms with Crippen LogP contribution in [-0.4, -0.2) is 29.8 Å². The first-order chi connectivity index (χ1) is 12.0. The average molecular weight is 466 g/mol. The Hall–Kier alpha value is -1.66. The number of nitrogens with one attached hydrogen (secondary N) is 1. The maximum Gasteiger partial charge on any atom is 0.253 e. The molecule has 1 heterocycles. The fourth-order valence-corrected chi connectivity index (χ4v) is 3.43. The van der Waals surface area contributed by atoms with E-state index in [1.807, 2.05) is 53.4 Å². The molecule has 1 saturated heterocycles. The van der Waals surface area contributed by atoms with Gasteiger partial charge in [0, 0.05) is 39.2 Å². The Bertz CT molecular complexity index is 752. The number of amides is 2. The Morgan fingerprint density at radius 3 is 1.96 bits per heavy atom. The van der Waals surface area contributed by atoms with Crippen LogP contribution in [0.25, 0.3) is 0 Å². The topological polar surface area (TPSA) is 49.4 Å². The van der Waals surface area contributed by atoms with Gasteiger partial charge in [-0.05, 0) is 61.4 Å². The van der Waals surface area contributed by atoms with Crippen LogP contribution < -0.4 is 5.32 Å². The fraction of sp³-hybridized carbons (Fsp3) is 0.263. The van der Waals surface area contributed by atoms with Gasteiger partial charge in [-0.1, -0.05) is 31.9 Å². The normalized spacial score (nSPS) is 15.0. The van der Waals surface area contributed by atoms with E-state index >= 15 is 0 Å². The zero-order valence-electron chi connectivity index (χ0n) is 13.5. The maximum atomic E-state index is 12.5. The number of anilines is 1. The number of halogens is 2. The number of carbonyl (C=O) groups is 2. The van der Waals surface area contributed by atoms with Gasteiger partial charge in [-0.25, -0.2) is 0 Å². The Morgan fingerprint density at radius 1 is 0.880 bits per heavy atom. The summed E-state index contributed by atoms with van der Waals surface area (Å²) in [5.74, 6) is -0.00468. The molecule has 1 fully saturated rings. The molecule has 6 heteroatoms. The number of hydrogen-bond acceptors (Lipinski definition) is 2. The summed E-state index contributed by atoms with van der Waals surface area (Å²) in [5.41, 5.74) is 1.47. The molecule has 2 amide bonds. The summed E-state index contributed by atoms with van der Waals surface area (Å²) in [6, 6.07) is 14.9. The van der Waals surface area contributed by atoms with Gasteiger partial charge < -0.3 is 10.2 Å². The highest BCUT2D eigenvalue weighted by Gasteiger charge is 2.27. The second-order valence-electron chi connectivity index (χ2n) is 6.07. The third-order valence-corrected chi connectivity index (χ3v) is 5.41. The highest BCUT2D eigenvalue weighted by atomic mass is 79.9. The lowest BCUT2D eigenvalue weighted by Gasteiger charge is -2.31. The van der Waals surface area contributed by atoms with Crippen molar-refractivity contribution in [1.29, 1.82) is 0 Å². The van der Waals surface area contributed by atoms with Gasteiger partial charge in [0.1, 0.15) is 0 Å². The molecular formula is C19H18Br2N2O2. The molecule has 0 saturated carbocycles. The van der Waals surface area contributed by atoms with E-state index in [1.165, 1.54) is 0 Å². The van der Waals surface area contributed by atoms with E-state index in [-0.39, 0.29) is 17.7 Å². The van der Waals surface area contributed by atoms with Crippen molar-refractivity contribution in [2.45, 2.75) is 12.8 Å². The SMILES string of the molecule is O=C(Nc1ccc(Br)cc1)C1CCN(C(=O)c2ccc(Br)cc2)CC1. The minimum absolute atomic E-state index is 0.0260. The number of rotatable bonds is 3. The first kappa shape index (κ1) is 18.1. The zero-order valence-corrected chi connectivity index (χ0v) is 16.7. The lowest BCUT2D eigenvalue weighted by molar-refractivity contribution is -0.121. The summed E-state index contributed by atoms with van der Waals surface area (Å²) in [6.07, 6.45) is 1.37. The summed E-state index contributed by atoms with van der Waals surface area (Å²) in [7, 11) is 0. The van der Waals surface area contributed by atoms with Crippen molar-refractivity contribution in [3.8, 4) is 0 Å². The Balaban J connectivity index is 1.54. The van der Waals surface area contributed by atoms with Crippen molar-refractivity contribution >= 4 is 49.4 Å². The molecule has 0 aromatic heterocycles. The van der Waals surface area contributed by atoms with Crippen molar-refractivity contribution in [3.05, 3.63) is 63.0 Å². The van der Waals surface area contributed by atoms with Crippen LogP contribution in [0, 0.1) is 5.92 Å². The second kappa shape index (κ2) is 8.15. The fourth-order valence-electron chi connectivity index (χ4n) is 2.90. The molecule has 2 aromatic rings. The molecule has 0 spiro atoms. The highest BCUT2D eigenvalue weighted by Crippen LogP contribution is 2.22.